The van der Waals surface area contributed by atoms with Crippen molar-refractivity contribution >= 4 is 23.1 Å². The van der Waals surface area contributed by atoms with E-state index in [4.69, 9.17) is 5.11 Å². The van der Waals surface area contributed by atoms with Crippen molar-refractivity contribution in [1.82, 2.24) is 24.6 Å². The Kier molecular flexibility index (Phi) is 3.24. The van der Waals surface area contributed by atoms with Crippen LogP contribution >= 0.6 is 0 Å². The minimum Gasteiger partial charge on any atom is -0.345 e. The molecule has 4 atom stereocenters. The van der Waals surface area contributed by atoms with Gasteiger partial charge in [-0.15, -0.1) is 14.9 Å². The van der Waals surface area contributed by atoms with E-state index in [2.05, 4.69) is 47.2 Å². The highest BCUT2D eigenvalue weighted by molar-refractivity contribution is 5.74. The predicted molar refractivity (Wildman–Crippen MR) is 99.9 cm³/mol. The van der Waals surface area contributed by atoms with Crippen molar-refractivity contribution < 1.29 is 4.70 Å². The zero-order valence-corrected chi connectivity index (χ0v) is 15.4. The number of hydrogen-bond donors (Lipinski definition) is 1. The van der Waals surface area contributed by atoms with Crippen LogP contribution < -0.4 is 0 Å². The number of rotatable bonds is 4. The van der Waals surface area contributed by atoms with Crippen LogP contribution in [0.25, 0.3) is 16.8 Å². The Morgan fingerprint density at radius 3 is 3.04 bits per heavy atom. The van der Waals surface area contributed by atoms with Crippen molar-refractivity contribution in [2.24, 2.45) is 21.9 Å². The van der Waals surface area contributed by atoms with Crippen LogP contribution in [0.3, 0.4) is 0 Å². The fourth-order valence-corrected chi connectivity index (χ4v) is 4.85. The van der Waals surface area contributed by atoms with Crippen LogP contribution in [0.15, 0.2) is 28.6 Å². The summed E-state index contributed by atoms with van der Waals surface area (Å²) in [6.07, 6.45) is 11.7. The molecule has 0 amide bonds. The maximum atomic E-state index is 4.87. The summed E-state index contributed by atoms with van der Waals surface area (Å²) in [4.78, 5) is 12.3. The topological polar surface area (TPSA) is 86.6 Å². The lowest BCUT2D eigenvalue weighted by Crippen LogP contribution is -2.20. The van der Waals surface area contributed by atoms with E-state index in [1.165, 1.54) is 12.8 Å². The van der Waals surface area contributed by atoms with E-state index in [0.717, 1.165) is 41.9 Å². The van der Waals surface area contributed by atoms with E-state index >= 15 is 0 Å². The van der Waals surface area contributed by atoms with Gasteiger partial charge in [0.1, 0.15) is 11.9 Å². The molecule has 3 aromatic rings. The average Bonchev–Trinajstić information content (AvgIpc) is 3.14. The van der Waals surface area contributed by atoms with Crippen molar-refractivity contribution in [3.63, 3.8) is 0 Å². The fourth-order valence-electron chi connectivity index (χ4n) is 4.85. The second kappa shape index (κ2) is 5.68. The summed E-state index contributed by atoms with van der Waals surface area (Å²) in [5.74, 6) is 2.69. The quantitative estimate of drug-likeness (QED) is 0.723. The third-order valence-corrected chi connectivity index (χ3v) is 6.50. The van der Waals surface area contributed by atoms with Crippen molar-refractivity contribution in [3.05, 3.63) is 24.3 Å². The van der Waals surface area contributed by atoms with Crippen LogP contribution in [0.2, 0.25) is 0 Å². The summed E-state index contributed by atoms with van der Waals surface area (Å²) in [7, 11) is 0. The molecule has 1 N–H and O–H groups in total. The molecule has 4 heterocycles. The molecule has 27 heavy (non-hydrogen) atoms. The van der Waals surface area contributed by atoms with Gasteiger partial charge in [0.2, 0.25) is 0 Å². The molecule has 6 rings (SSSR count). The summed E-state index contributed by atoms with van der Waals surface area (Å²) >= 11 is 0. The number of aromatic amines is 1. The molecular formula is C19H23N8+. The van der Waals surface area contributed by atoms with Gasteiger partial charge in [-0.25, -0.2) is 4.98 Å². The lowest BCUT2D eigenvalue weighted by Gasteiger charge is -2.15. The number of nitrogens with zero attached hydrogens (tertiary/aromatic N) is 7. The lowest BCUT2D eigenvalue weighted by atomic mass is 9.93. The van der Waals surface area contributed by atoms with Crippen LogP contribution in [0.4, 0.5) is 0 Å². The normalized spacial score (nSPS) is 30.6. The standard InChI is InChI=1S/C19H23N8/c1-2-11-7-13(26-10-22-17(25-26)12-3-4-12)8-14(11)19-24-23-16-9-21-18-15(27(16)19)5-6-20-18/h5-6,9-14,17,20H,2-4,7-8H2,1H3/q+1/t11-,13+,14+,17?/m1/s1. The molecule has 8 heteroatoms. The molecule has 2 saturated carbocycles. The molecule has 0 radical (unpaired) electrons. The van der Waals surface area contributed by atoms with Crippen LogP contribution in [-0.2, 0) is 0 Å². The monoisotopic (exact) mass is 363 g/mol. The zero-order chi connectivity index (χ0) is 18.0. The van der Waals surface area contributed by atoms with Gasteiger partial charge in [0.05, 0.1) is 11.7 Å². The molecule has 138 valence electrons. The van der Waals surface area contributed by atoms with E-state index < -0.39 is 0 Å². The Labute approximate surface area is 156 Å². The van der Waals surface area contributed by atoms with Crippen LogP contribution in [0.5, 0.6) is 0 Å². The molecule has 8 nitrogen and oxygen atoms in total. The van der Waals surface area contributed by atoms with Gasteiger partial charge in [0.15, 0.2) is 11.3 Å². The van der Waals surface area contributed by atoms with Crippen molar-refractivity contribution in [3.8, 4) is 0 Å². The van der Waals surface area contributed by atoms with Gasteiger partial charge >= 0.3 is 6.34 Å². The lowest BCUT2D eigenvalue weighted by molar-refractivity contribution is -0.512. The number of H-pyrrole nitrogens is 1. The van der Waals surface area contributed by atoms with Crippen molar-refractivity contribution in [1.29, 1.82) is 0 Å². The second-order valence-electron chi connectivity index (χ2n) is 8.13. The van der Waals surface area contributed by atoms with Crippen LogP contribution in [-0.4, -0.2) is 47.8 Å². The van der Waals surface area contributed by atoms with E-state index in [1.54, 1.807) is 6.20 Å². The summed E-state index contributed by atoms with van der Waals surface area (Å²) in [6, 6.07) is 2.46. The molecule has 2 aliphatic carbocycles. The zero-order valence-electron chi connectivity index (χ0n) is 15.4. The highest BCUT2D eigenvalue weighted by atomic mass is 15.4. The first kappa shape index (κ1) is 15.4. The maximum absolute atomic E-state index is 4.87. The Balaban J connectivity index is 1.37. The SMILES string of the molecule is CC[C@@H]1C[C@H]([N+]2=NC(C3CC3)N=C2)C[C@@H]1c1nnc2cnc3[nH]ccc3n12. The number of azo groups is 2. The first-order valence-corrected chi connectivity index (χ1v) is 10.0. The maximum Gasteiger partial charge on any atom is 0.303 e. The number of nitrogens with one attached hydrogen (secondary N) is 1. The van der Waals surface area contributed by atoms with E-state index in [1.807, 2.05) is 12.5 Å². The van der Waals surface area contributed by atoms with E-state index in [0.29, 0.717) is 23.8 Å². The third kappa shape index (κ3) is 2.35. The Morgan fingerprint density at radius 1 is 1.26 bits per heavy atom. The molecule has 0 aromatic carbocycles. The second-order valence-corrected chi connectivity index (χ2v) is 8.13. The van der Waals surface area contributed by atoms with E-state index in [-0.39, 0.29) is 6.17 Å². The largest absolute Gasteiger partial charge is 0.345 e. The van der Waals surface area contributed by atoms with Gasteiger partial charge in [-0.05, 0) is 31.2 Å². The number of aromatic nitrogens is 5. The fraction of sp³-hybridized carbons (Fsp3) is 0.579. The predicted octanol–water partition coefficient (Wildman–Crippen LogP) is 3.12. The van der Waals surface area contributed by atoms with Gasteiger partial charge < -0.3 is 4.98 Å². The minimum atomic E-state index is 0.170. The molecule has 0 saturated heterocycles. The Morgan fingerprint density at radius 2 is 2.19 bits per heavy atom. The Hall–Kier alpha value is -2.64. The summed E-state index contributed by atoms with van der Waals surface area (Å²) < 4.78 is 4.32. The molecule has 3 aliphatic rings. The molecule has 2 fully saturated rings. The molecule has 0 bridgehead atoms. The smallest absolute Gasteiger partial charge is 0.303 e. The van der Waals surface area contributed by atoms with Gasteiger partial charge in [0.25, 0.3) is 6.17 Å². The van der Waals surface area contributed by atoms with Gasteiger partial charge in [-0.1, -0.05) is 23.5 Å². The number of aliphatic imine (C=N–C) groups is 1. The molecule has 3 aromatic heterocycles. The summed E-state index contributed by atoms with van der Waals surface area (Å²) in [6.45, 7) is 2.28. The molecular weight excluding hydrogens is 340 g/mol. The first-order valence-electron chi connectivity index (χ1n) is 10.0. The highest BCUT2D eigenvalue weighted by Crippen LogP contribution is 2.43. The van der Waals surface area contributed by atoms with Crippen molar-refractivity contribution in [2.75, 3.05) is 0 Å². The number of fused-ring (bicyclic) bond motifs is 3. The summed E-state index contributed by atoms with van der Waals surface area (Å²) in [5.41, 5.74) is 2.74. The highest BCUT2D eigenvalue weighted by Gasteiger charge is 2.44. The number of hydrogen-bond acceptors (Lipinski definition) is 5. The minimum absolute atomic E-state index is 0.170. The van der Waals surface area contributed by atoms with Crippen LogP contribution in [0.1, 0.15) is 50.8 Å². The molecule has 1 unspecified atom stereocenters. The average molecular weight is 363 g/mol. The molecule has 1 aliphatic heterocycles. The van der Waals surface area contributed by atoms with E-state index in [9.17, 15) is 0 Å². The van der Waals surface area contributed by atoms with Crippen LogP contribution in [0, 0.1) is 11.8 Å². The van der Waals surface area contributed by atoms with Crippen molar-refractivity contribution in [2.45, 2.75) is 57.2 Å². The van der Waals surface area contributed by atoms with Gasteiger partial charge in [-0.3, -0.25) is 4.40 Å². The summed E-state index contributed by atoms with van der Waals surface area (Å²) in [5, 5.41) is 13.9. The Bertz CT molecular complexity index is 1070. The molecule has 0 spiro atoms. The third-order valence-electron chi connectivity index (χ3n) is 6.50. The first-order chi connectivity index (χ1) is 13.3. The van der Waals surface area contributed by atoms with Gasteiger partial charge in [0, 0.05) is 24.5 Å². The van der Waals surface area contributed by atoms with Gasteiger partial charge in [-0.2, -0.15) is 0 Å².